The first-order chi connectivity index (χ1) is 8.45. The van der Waals surface area contributed by atoms with Gasteiger partial charge < -0.3 is 15.4 Å². The predicted molar refractivity (Wildman–Crippen MR) is 67.8 cm³/mol. The average Bonchev–Trinajstić information content (AvgIpc) is 2.34. The largest absolute Gasteiger partial charge is 0.484 e. The highest BCUT2D eigenvalue weighted by molar-refractivity contribution is 5.77. The van der Waals surface area contributed by atoms with Crippen LogP contribution in [0.15, 0.2) is 18.2 Å². The molecule has 1 aromatic carbocycles. The van der Waals surface area contributed by atoms with E-state index in [0.29, 0.717) is 17.9 Å². The summed E-state index contributed by atoms with van der Waals surface area (Å²) in [6, 6.07) is 4.06. The van der Waals surface area contributed by atoms with Crippen LogP contribution < -0.4 is 10.5 Å². The standard InChI is InChI=1S/C13H19FN2O2/c1-4-16(3)13(17)8-18-10-5-6-11(9(2)15)12(14)7-10/h5-7,9H,4,8,15H2,1-3H3. The minimum Gasteiger partial charge on any atom is -0.484 e. The van der Waals surface area contributed by atoms with E-state index in [1.54, 1.807) is 26.1 Å². The van der Waals surface area contributed by atoms with Crippen molar-refractivity contribution in [3.8, 4) is 5.75 Å². The van der Waals surface area contributed by atoms with Gasteiger partial charge in [0, 0.05) is 31.3 Å². The Labute approximate surface area is 107 Å². The third-order valence-electron chi connectivity index (χ3n) is 2.72. The van der Waals surface area contributed by atoms with Crippen LogP contribution in [0.2, 0.25) is 0 Å². The van der Waals surface area contributed by atoms with E-state index in [1.807, 2.05) is 6.92 Å². The highest BCUT2D eigenvalue weighted by atomic mass is 19.1. The van der Waals surface area contributed by atoms with Gasteiger partial charge in [-0.05, 0) is 19.9 Å². The Morgan fingerprint density at radius 3 is 2.72 bits per heavy atom. The molecule has 0 fully saturated rings. The van der Waals surface area contributed by atoms with Gasteiger partial charge >= 0.3 is 0 Å². The lowest BCUT2D eigenvalue weighted by Crippen LogP contribution is -2.31. The quantitative estimate of drug-likeness (QED) is 0.870. The summed E-state index contributed by atoms with van der Waals surface area (Å²) in [6.07, 6.45) is 0. The molecule has 0 saturated carbocycles. The Morgan fingerprint density at radius 1 is 1.56 bits per heavy atom. The predicted octanol–water partition coefficient (Wildman–Crippen LogP) is 1.70. The lowest BCUT2D eigenvalue weighted by molar-refractivity contribution is -0.131. The van der Waals surface area contributed by atoms with Gasteiger partial charge in [-0.2, -0.15) is 0 Å². The molecule has 0 spiro atoms. The van der Waals surface area contributed by atoms with Crippen LogP contribution in [0, 0.1) is 5.82 Å². The molecule has 1 unspecified atom stereocenters. The molecule has 0 aliphatic heterocycles. The molecule has 5 heteroatoms. The molecule has 4 nitrogen and oxygen atoms in total. The van der Waals surface area contributed by atoms with Gasteiger partial charge in [-0.3, -0.25) is 4.79 Å². The second kappa shape index (κ2) is 6.35. The number of likely N-dealkylation sites (N-methyl/N-ethyl adjacent to an activating group) is 1. The lowest BCUT2D eigenvalue weighted by atomic mass is 10.1. The molecular weight excluding hydrogens is 235 g/mol. The number of nitrogens with zero attached hydrogens (tertiary/aromatic N) is 1. The highest BCUT2D eigenvalue weighted by Gasteiger charge is 2.10. The summed E-state index contributed by atoms with van der Waals surface area (Å²) >= 11 is 0. The fraction of sp³-hybridized carbons (Fsp3) is 0.462. The van der Waals surface area contributed by atoms with Crippen LogP contribution in [0.25, 0.3) is 0 Å². The number of nitrogens with two attached hydrogens (primary N) is 1. The van der Waals surface area contributed by atoms with Gasteiger partial charge in [0.05, 0.1) is 0 Å². The molecule has 1 rings (SSSR count). The zero-order chi connectivity index (χ0) is 13.7. The molecule has 0 aliphatic carbocycles. The van der Waals surface area contributed by atoms with Crippen LogP contribution in [-0.2, 0) is 4.79 Å². The van der Waals surface area contributed by atoms with Crippen LogP contribution in [0.5, 0.6) is 5.75 Å². The van der Waals surface area contributed by atoms with Crippen molar-refractivity contribution in [2.45, 2.75) is 19.9 Å². The first kappa shape index (κ1) is 14.4. The number of benzene rings is 1. The molecule has 0 radical (unpaired) electrons. The number of ether oxygens (including phenoxy) is 1. The minimum atomic E-state index is -0.418. The maximum atomic E-state index is 13.6. The molecule has 1 amide bonds. The van der Waals surface area contributed by atoms with Crippen LogP contribution in [0.3, 0.4) is 0 Å². The molecule has 0 heterocycles. The van der Waals surface area contributed by atoms with E-state index >= 15 is 0 Å². The van der Waals surface area contributed by atoms with E-state index in [4.69, 9.17) is 10.5 Å². The number of hydrogen-bond donors (Lipinski definition) is 1. The molecule has 1 aromatic rings. The normalized spacial score (nSPS) is 12.1. The monoisotopic (exact) mass is 254 g/mol. The second-order valence-corrected chi connectivity index (χ2v) is 4.17. The van der Waals surface area contributed by atoms with E-state index in [0.717, 1.165) is 0 Å². The van der Waals surface area contributed by atoms with Crippen molar-refractivity contribution in [1.82, 2.24) is 4.90 Å². The molecular formula is C13H19FN2O2. The number of carbonyl (C=O) groups excluding carboxylic acids is 1. The van der Waals surface area contributed by atoms with E-state index in [-0.39, 0.29) is 18.6 Å². The number of rotatable bonds is 5. The van der Waals surface area contributed by atoms with Crippen molar-refractivity contribution >= 4 is 5.91 Å². The first-order valence-electron chi connectivity index (χ1n) is 5.87. The van der Waals surface area contributed by atoms with Gasteiger partial charge in [0.2, 0.25) is 0 Å². The summed E-state index contributed by atoms with van der Waals surface area (Å²) in [7, 11) is 1.69. The van der Waals surface area contributed by atoms with Crippen molar-refractivity contribution in [2.75, 3.05) is 20.2 Å². The Balaban J connectivity index is 2.64. The Bertz CT molecular complexity index is 421. The number of hydrogen-bond acceptors (Lipinski definition) is 3. The number of halogens is 1. The fourth-order valence-electron chi connectivity index (χ4n) is 1.40. The molecule has 0 bridgehead atoms. The summed E-state index contributed by atoms with van der Waals surface area (Å²) in [6.45, 7) is 4.09. The zero-order valence-corrected chi connectivity index (χ0v) is 10.9. The van der Waals surface area contributed by atoms with Gasteiger partial charge in [-0.25, -0.2) is 4.39 Å². The highest BCUT2D eigenvalue weighted by Crippen LogP contribution is 2.20. The van der Waals surface area contributed by atoms with Crippen molar-refractivity contribution in [2.24, 2.45) is 5.73 Å². The summed E-state index contributed by atoms with van der Waals surface area (Å²) in [5, 5.41) is 0. The van der Waals surface area contributed by atoms with Crippen molar-refractivity contribution in [3.63, 3.8) is 0 Å². The van der Waals surface area contributed by atoms with Gasteiger partial charge in [-0.1, -0.05) is 6.07 Å². The third-order valence-corrected chi connectivity index (χ3v) is 2.72. The molecule has 1 atom stereocenters. The Morgan fingerprint density at radius 2 is 2.22 bits per heavy atom. The second-order valence-electron chi connectivity index (χ2n) is 4.17. The summed E-state index contributed by atoms with van der Waals surface area (Å²) in [5.41, 5.74) is 6.03. The fourth-order valence-corrected chi connectivity index (χ4v) is 1.40. The maximum Gasteiger partial charge on any atom is 0.260 e. The SMILES string of the molecule is CCN(C)C(=O)COc1ccc(C(C)N)c(F)c1. The molecule has 0 aliphatic rings. The van der Waals surface area contributed by atoms with E-state index in [2.05, 4.69) is 0 Å². The third kappa shape index (κ3) is 3.70. The molecule has 2 N–H and O–H groups in total. The molecule has 0 aromatic heterocycles. The number of amides is 1. The van der Waals surface area contributed by atoms with Crippen molar-refractivity contribution in [3.05, 3.63) is 29.6 Å². The van der Waals surface area contributed by atoms with Gasteiger partial charge in [-0.15, -0.1) is 0 Å². The summed E-state index contributed by atoms with van der Waals surface area (Å²) in [5.74, 6) is -0.234. The van der Waals surface area contributed by atoms with Crippen LogP contribution in [0.1, 0.15) is 25.5 Å². The van der Waals surface area contributed by atoms with E-state index in [1.165, 1.54) is 11.0 Å². The van der Waals surface area contributed by atoms with E-state index < -0.39 is 5.82 Å². The Kier molecular flexibility index (Phi) is 5.09. The van der Waals surface area contributed by atoms with Crippen LogP contribution in [-0.4, -0.2) is 31.0 Å². The summed E-state index contributed by atoms with van der Waals surface area (Å²) < 4.78 is 18.8. The Hall–Kier alpha value is -1.62. The van der Waals surface area contributed by atoms with Gasteiger partial charge in [0.1, 0.15) is 11.6 Å². The smallest absolute Gasteiger partial charge is 0.260 e. The van der Waals surface area contributed by atoms with Crippen molar-refractivity contribution in [1.29, 1.82) is 0 Å². The maximum absolute atomic E-state index is 13.6. The zero-order valence-electron chi connectivity index (χ0n) is 10.9. The van der Waals surface area contributed by atoms with Crippen LogP contribution in [0.4, 0.5) is 4.39 Å². The summed E-state index contributed by atoms with van der Waals surface area (Å²) in [4.78, 5) is 13.0. The van der Waals surface area contributed by atoms with E-state index in [9.17, 15) is 9.18 Å². The molecule has 0 saturated heterocycles. The van der Waals surface area contributed by atoms with Gasteiger partial charge in [0.15, 0.2) is 6.61 Å². The van der Waals surface area contributed by atoms with Gasteiger partial charge in [0.25, 0.3) is 5.91 Å². The topological polar surface area (TPSA) is 55.6 Å². The lowest BCUT2D eigenvalue weighted by Gasteiger charge is -2.15. The molecule has 18 heavy (non-hydrogen) atoms. The minimum absolute atomic E-state index is 0.0959. The average molecular weight is 254 g/mol. The molecule has 100 valence electrons. The first-order valence-corrected chi connectivity index (χ1v) is 5.87. The number of carbonyl (C=O) groups is 1. The van der Waals surface area contributed by atoms with Crippen molar-refractivity contribution < 1.29 is 13.9 Å². The van der Waals surface area contributed by atoms with Crippen LogP contribution >= 0.6 is 0 Å².